The molecule has 1 saturated carbocycles. The van der Waals surface area contributed by atoms with E-state index in [0.717, 1.165) is 12.8 Å². The summed E-state index contributed by atoms with van der Waals surface area (Å²) >= 11 is 0. The number of aromatic hydroxyl groups is 1. The van der Waals surface area contributed by atoms with E-state index in [0.29, 0.717) is 11.5 Å². The van der Waals surface area contributed by atoms with Gasteiger partial charge in [0.15, 0.2) is 0 Å². The average molecular weight is 244 g/mol. The molecule has 0 bridgehead atoms. The van der Waals surface area contributed by atoms with Crippen LogP contribution in [0.2, 0.25) is 0 Å². The van der Waals surface area contributed by atoms with Crippen molar-refractivity contribution in [2.24, 2.45) is 11.7 Å². The largest absolute Gasteiger partial charge is 0.508 e. The Bertz CT molecular complexity index is 342. The summed E-state index contributed by atoms with van der Waals surface area (Å²) in [5.74, 6) is 0.475. The molecule has 0 heterocycles. The van der Waals surface area contributed by atoms with Gasteiger partial charge in [-0.3, -0.25) is 0 Å². The van der Waals surface area contributed by atoms with Crippen molar-refractivity contribution in [3.8, 4) is 5.75 Å². The van der Waals surface area contributed by atoms with Crippen LogP contribution in [0.1, 0.15) is 30.9 Å². The zero-order valence-corrected chi connectivity index (χ0v) is 9.86. The van der Waals surface area contributed by atoms with Crippen molar-refractivity contribution in [3.63, 3.8) is 0 Å². The minimum atomic E-state index is -0.535. The maximum atomic E-state index is 9.98. The van der Waals surface area contributed by atoms with Crippen LogP contribution in [0.25, 0.3) is 0 Å². The molecule has 1 aromatic carbocycles. The molecule has 1 fully saturated rings. The highest BCUT2D eigenvalue weighted by molar-refractivity contribution is 5.85. The number of hydrogen-bond acceptors (Lipinski definition) is 3. The summed E-state index contributed by atoms with van der Waals surface area (Å²) in [7, 11) is 0. The number of phenolic OH excluding ortho intramolecular Hbond substituents is 1. The van der Waals surface area contributed by atoms with Crippen molar-refractivity contribution in [3.05, 3.63) is 29.8 Å². The van der Waals surface area contributed by atoms with Crippen LogP contribution in [0.4, 0.5) is 0 Å². The summed E-state index contributed by atoms with van der Waals surface area (Å²) < 4.78 is 0. The van der Waals surface area contributed by atoms with E-state index in [9.17, 15) is 10.2 Å². The number of aliphatic hydroxyl groups excluding tert-OH is 1. The Labute approximate surface area is 102 Å². The Hall–Kier alpha value is -0.770. The first-order valence-electron chi connectivity index (χ1n) is 5.41. The maximum Gasteiger partial charge on any atom is 0.120 e. The van der Waals surface area contributed by atoms with E-state index < -0.39 is 12.1 Å². The zero-order chi connectivity index (χ0) is 10.8. The number of aliphatic hydroxyl groups is 1. The first-order valence-corrected chi connectivity index (χ1v) is 5.41. The van der Waals surface area contributed by atoms with Crippen LogP contribution in [-0.4, -0.2) is 16.3 Å². The molecular weight excluding hydrogens is 226 g/mol. The van der Waals surface area contributed by atoms with Gasteiger partial charge in [0.25, 0.3) is 0 Å². The molecule has 0 unspecified atom stereocenters. The van der Waals surface area contributed by atoms with Gasteiger partial charge in [0.1, 0.15) is 5.75 Å². The van der Waals surface area contributed by atoms with Crippen LogP contribution in [0.15, 0.2) is 24.3 Å². The van der Waals surface area contributed by atoms with Crippen molar-refractivity contribution in [2.45, 2.75) is 31.4 Å². The Morgan fingerprint density at radius 1 is 1.25 bits per heavy atom. The van der Waals surface area contributed by atoms with Gasteiger partial charge in [0, 0.05) is 5.56 Å². The van der Waals surface area contributed by atoms with Crippen LogP contribution in [0.5, 0.6) is 5.75 Å². The number of halogens is 1. The van der Waals surface area contributed by atoms with Crippen LogP contribution < -0.4 is 5.73 Å². The zero-order valence-electron chi connectivity index (χ0n) is 9.04. The monoisotopic (exact) mass is 243 g/mol. The molecule has 2 rings (SSSR count). The van der Waals surface area contributed by atoms with E-state index in [1.54, 1.807) is 18.2 Å². The predicted octanol–water partition coefficient (Wildman–Crippen LogP) is 1.97. The van der Waals surface area contributed by atoms with Gasteiger partial charge in [0.05, 0.1) is 12.1 Å². The molecule has 0 amide bonds. The fourth-order valence-corrected chi connectivity index (χ4v) is 2.03. The molecule has 1 aliphatic carbocycles. The van der Waals surface area contributed by atoms with Gasteiger partial charge >= 0.3 is 0 Å². The summed E-state index contributed by atoms with van der Waals surface area (Å²) in [6.07, 6.45) is 2.73. The van der Waals surface area contributed by atoms with Crippen molar-refractivity contribution < 1.29 is 10.2 Å². The quantitative estimate of drug-likeness (QED) is 0.761. The molecule has 0 saturated heterocycles. The van der Waals surface area contributed by atoms with Crippen molar-refractivity contribution in [2.75, 3.05) is 0 Å². The molecule has 0 radical (unpaired) electrons. The number of nitrogens with two attached hydrogens (primary N) is 1. The van der Waals surface area contributed by atoms with Crippen LogP contribution in [-0.2, 0) is 0 Å². The van der Waals surface area contributed by atoms with Gasteiger partial charge in [-0.15, -0.1) is 12.4 Å². The minimum absolute atomic E-state index is 0. The third kappa shape index (κ3) is 2.48. The topological polar surface area (TPSA) is 66.5 Å². The smallest absolute Gasteiger partial charge is 0.120 e. The van der Waals surface area contributed by atoms with Crippen LogP contribution in [0, 0.1) is 5.92 Å². The Kier molecular flexibility index (Phi) is 4.59. The Balaban J connectivity index is 0.00000128. The molecule has 1 aliphatic rings. The van der Waals surface area contributed by atoms with Gasteiger partial charge in [0.2, 0.25) is 0 Å². The summed E-state index contributed by atoms with van der Waals surface area (Å²) in [5, 5.41) is 19.6. The number of para-hydroxylation sites is 1. The molecule has 3 nitrogen and oxygen atoms in total. The fraction of sp³-hybridized carbons (Fsp3) is 0.500. The summed E-state index contributed by atoms with van der Waals surface area (Å²) in [5.41, 5.74) is 6.58. The summed E-state index contributed by atoms with van der Waals surface area (Å²) in [4.78, 5) is 0. The molecule has 1 aromatic rings. The normalized spacial score (nSPS) is 19.4. The molecule has 4 heteroatoms. The van der Waals surface area contributed by atoms with E-state index in [2.05, 4.69) is 0 Å². The van der Waals surface area contributed by atoms with E-state index >= 15 is 0 Å². The maximum absolute atomic E-state index is 9.98. The van der Waals surface area contributed by atoms with Gasteiger partial charge in [-0.25, -0.2) is 0 Å². The van der Waals surface area contributed by atoms with Crippen LogP contribution in [0.3, 0.4) is 0 Å². The van der Waals surface area contributed by atoms with Gasteiger partial charge in [-0.1, -0.05) is 24.6 Å². The highest BCUT2D eigenvalue weighted by Crippen LogP contribution is 2.36. The Morgan fingerprint density at radius 3 is 2.38 bits per heavy atom. The van der Waals surface area contributed by atoms with Gasteiger partial charge in [-0.2, -0.15) is 0 Å². The lowest BCUT2D eigenvalue weighted by atomic mass is 9.77. The SMILES string of the molecule is Cl.N[C@@H](c1ccccc1O)[C@H](O)C1CCC1. The number of hydrogen-bond donors (Lipinski definition) is 3. The Morgan fingerprint density at radius 2 is 1.88 bits per heavy atom. The molecule has 0 aliphatic heterocycles. The highest BCUT2D eigenvalue weighted by atomic mass is 35.5. The van der Waals surface area contributed by atoms with Crippen molar-refractivity contribution >= 4 is 12.4 Å². The lowest BCUT2D eigenvalue weighted by Crippen LogP contribution is -2.36. The second-order valence-corrected chi connectivity index (χ2v) is 4.27. The number of benzene rings is 1. The molecule has 16 heavy (non-hydrogen) atoms. The van der Waals surface area contributed by atoms with E-state index in [1.807, 2.05) is 6.07 Å². The standard InChI is InChI=1S/C12H17NO2.ClH/c13-11(12(15)8-4-3-5-8)9-6-1-2-7-10(9)14;/h1-2,6-8,11-12,14-15H,3-5,13H2;1H/t11-,12+;/m0./s1. The first kappa shape index (κ1) is 13.3. The molecular formula is C12H18ClNO2. The van der Waals surface area contributed by atoms with E-state index in [1.165, 1.54) is 6.42 Å². The highest BCUT2D eigenvalue weighted by Gasteiger charge is 2.31. The van der Waals surface area contributed by atoms with Crippen molar-refractivity contribution in [1.82, 2.24) is 0 Å². The third-order valence-corrected chi connectivity index (χ3v) is 3.30. The molecule has 4 N–H and O–H groups in total. The second-order valence-electron chi connectivity index (χ2n) is 4.27. The van der Waals surface area contributed by atoms with E-state index in [4.69, 9.17) is 5.73 Å². The fourth-order valence-electron chi connectivity index (χ4n) is 2.03. The molecule has 0 aromatic heterocycles. The average Bonchev–Trinajstić information content (AvgIpc) is 2.15. The molecule has 0 spiro atoms. The molecule has 90 valence electrons. The van der Waals surface area contributed by atoms with Crippen LogP contribution >= 0.6 is 12.4 Å². The van der Waals surface area contributed by atoms with Gasteiger partial charge < -0.3 is 15.9 Å². The third-order valence-electron chi connectivity index (χ3n) is 3.30. The van der Waals surface area contributed by atoms with Crippen molar-refractivity contribution in [1.29, 1.82) is 0 Å². The number of phenols is 1. The lowest BCUT2D eigenvalue weighted by Gasteiger charge is -2.33. The predicted molar refractivity (Wildman–Crippen MR) is 65.6 cm³/mol. The molecule has 2 atom stereocenters. The summed E-state index contributed by atoms with van der Waals surface area (Å²) in [6, 6.07) is 6.46. The van der Waals surface area contributed by atoms with Gasteiger partial charge in [-0.05, 0) is 24.8 Å². The lowest BCUT2D eigenvalue weighted by molar-refractivity contribution is 0.0408. The second kappa shape index (κ2) is 5.53. The number of rotatable bonds is 3. The first-order chi connectivity index (χ1) is 7.20. The minimum Gasteiger partial charge on any atom is -0.508 e. The summed E-state index contributed by atoms with van der Waals surface area (Å²) in [6.45, 7) is 0. The van der Waals surface area contributed by atoms with E-state index in [-0.39, 0.29) is 18.2 Å².